The molecule has 4 aromatic rings. The van der Waals surface area contributed by atoms with E-state index in [1.54, 1.807) is 36.3 Å². The Morgan fingerprint density at radius 3 is 2.56 bits per heavy atom. The number of nitrogens with one attached hydrogen (secondary N) is 2. The van der Waals surface area contributed by atoms with Crippen molar-refractivity contribution in [3.05, 3.63) is 94.7 Å². The van der Waals surface area contributed by atoms with E-state index in [0.29, 0.717) is 22.7 Å². The van der Waals surface area contributed by atoms with Crippen LogP contribution in [0.4, 0.5) is 5.69 Å². The molecule has 0 aliphatic carbocycles. The molecule has 0 atom stereocenters. The SMILES string of the molecule is COc1ccc(CNC(=O)c2ccc(N3CC(O)=C(c4nc5ccccc5s4)C3=N)cc2)cc1. The van der Waals surface area contributed by atoms with Gasteiger partial charge in [0.05, 0.1) is 29.4 Å². The van der Waals surface area contributed by atoms with E-state index >= 15 is 0 Å². The van der Waals surface area contributed by atoms with E-state index in [-0.39, 0.29) is 24.0 Å². The maximum Gasteiger partial charge on any atom is 0.251 e. The van der Waals surface area contributed by atoms with Crippen molar-refractivity contribution >= 4 is 44.6 Å². The molecule has 0 saturated carbocycles. The smallest absolute Gasteiger partial charge is 0.251 e. The maximum atomic E-state index is 12.6. The standard InChI is InChI=1S/C26H22N4O3S/c1-33-19-12-6-16(7-13-19)14-28-25(32)17-8-10-18(11-9-17)30-15-21(31)23(24(30)27)26-29-20-4-2-3-5-22(20)34-26/h2-13,27,31H,14-15H2,1H3,(H,28,32). The van der Waals surface area contributed by atoms with E-state index in [1.165, 1.54) is 11.3 Å². The number of carbonyl (C=O) groups excluding carboxylic acids is 1. The van der Waals surface area contributed by atoms with Gasteiger partial charge in [-0.05, 0) is 54.1 Å². The number of aliphatic hydroxyl groups is 1. The first-order valence-corrected chi connectivity index (χ1v) is 11.5. The number of nitrogens with zero attached hydrogens (tertiary/aromatic N) is 2. The number of aromatic nitrogens is 1. The zero-order valence-corrected chi connectivity index (χ0v) is 19.2. The Morgan fingerprint density at radius 1 is 1.12 bits per heavy atom. The molecular weight excluding hydrogens is 448 g/mol. The van der Waals surface area contributed by atoms with Gasteiger partial charge >= 0.3 is 0 Å². The number of ether oxygens (including phenoxy) is 1. The van der Waals surface area contributed by atoms with Crippen LogP contribution < -0.4 is 15.0 Å². The highest BCUT2D eigenvalue weighted by Crippen LogP contribution is 2.35. The molecule has 3 aromatic carbocycles. The summed E-state index contributed by atoms with van der Waals surface area (Å²) < 4.78 is 6.16. The van der Waals surface area contributed by atoms with Crippen LogP contribution in [-0.4, -0.2) is 35.5 Å². The Bertz CT molecular complexity index is 1380. The predicted molar refractivity (Wildman–Crippen MR) is 135 cm³/mol. The van der Waals surface area contributed by atoms with Gasteiger partial charge in [0.25, 0.3) is 5.91 Å². The van der Waals surface area contributed by atoms with E-state index in [9.17, 15) is 9.90 Å². The first kappa shape index (κ1) is 21.7. The molecule has 7 nitrogen and oxygen atoms in total. The molecule has 3 N–H and O–H groups in total. The molecule has 2 heterocycles. The van der Waals surface area contributed by atoms with Gasteiger partial charge in [-0.2, -0.15) is 0 Å². The zero-order chi connectivity index (χ0) is 23.7. The largest absolute Gasteiger partial charge is 0.510 e. The fraction of sp³-hybridized carbons (Fsp3) is 0.115. The number of amides is 1. The second-order valence-corrected chi connectivity index (χ2v) is 8.85. The van der Waals surface area contributed by atoms with Gasteiger partial charge in [0.2, 0.25) is 0 Å². The summed E-state index contributed by atoms with van der Waals surface area (Å²) in [4.78, 5) is 18.9. The number of para-hydroxylation sites is 1. The minimum atomic E-state index is -0.185. The molecule has 0 radical (unpaired) electrons. The van der Waals surface area contributed by atoms with Crippen LogP contribution in [0.1, 0.15) is 20.9 Å². The molecule has 1 aliphatic heterocycles. The van der Waals surface area contributed by atoms with Crippen LogP contribution in [0, 0.1) is 5.41 Å². The van der Waals surface area contributed by atoms with Crippen molar-refractivity contribution in [2.24, 2.45) is 0 Å². The van der Waals surface area contributed by atoms with Crippen molar-refractivity contribution in [2.45, 2.75) is 6.54 Å². The van der Waals surface area contributed by atoms with E-state index in [2.05, 4.69) is 10.3 Å². The second-order valence-electron chi connectivity index (χ2n) is 7.82. The molecule has 1 amide bonds. The van der Waals surface area contributed by atoms with Crippen LogP contribution in [0.15, 0.2) is 78.6 Å². The summed E-state index contributed by atoms with van der Waals surface area (Å²) in [5.74, 6) is 0.888. The summed E-state index contributed by atoms with van der Waals surface area (Å²) in [6.45, 7) is 0.595. The number of aliphatic hydroxyl groups excluding tert-OH is 1. The summed E-state index contributed by atoms with van der Waals surface area (Å²) in [5, 5.41) is 22.8. The number of amidine groups is 1. The number of thiazole rings is 1. The zero-order valence-electron chi connectivity index (χ0n) is 18.4. The van der Waals surface area contributed by atoms with Gasteiger partial charge in [0.15, 0.2) is 0 Å². The van der Waals surface area contributed by atoms with Gasteiger partial charge in [-0.3, -0.25) is 10.2 Å². The van der Waals surface area contributed by atoms with Crippen molar-refractivity contribution in [1.29, 1.82) is 5.41 Å². The normalized spacial score (nSPS) is 13.6. The molecule has 0 saturated heterocycles. The summed E-state index contributed by atoms with van der Waals surface area (Å²) in [7, 11) is 1.61. The van der Waals surface area contributed by atoms with Crippen LogP contribution in [0.25, 0.3) is 15.8 Å². The van der Waals surface area contributed by atoms with Crippen LogP contribution in [-0.2, 0) is 6.54 Å². The third kappa shape index (κ3) is 4.11. The first-order chi connectivity index (χ1) is 16.5. The van der Waals surface area contributed by atoms with Crippen molar-refractivity contribution in [3.63, 3.8) is 0 Å². The number of methoxy groups -OCH3 is 1. The lowest BCUT2D eigenvalue weighted by atomic mass is 10.1. The Labute approximate surface area is 200 Å². The van der Waals surface area contributed by atoms with Gasteiger partial charge in [0, 0.05) is 17.8 Å². The molecule has 1 aromatic heterocycles. The number of carbonyl (C=O) groups is 1. The van der Waals surface area contributed by atoms with Crippen LogP contribution in [0.5, 0.6) is 5.75 Å². The third-order valence-corrected chi connectivity index (χ3v) is 6.72. The number of hydrogen-bond donors (Lipinski definition) is 3. The van der Waals surface area contributed by atoms with Gasteiger partial charge in [-0.25, -0.2) is 4.98 Å². The van der Waals surface area contributed by atoms with Gasteiger partial charge in [0.1, 0.15) is 22.4 Å². The monoisotopic (exact) mass is 470 g/mol. The maximum absolute atomic E-state index is 12.6. The van der Waals surface area contributed by atoms with Crippen LogP contribution >= 0.6 is 11.3 Å². The van der Waals surface area contributed by atoms with Crippen LogP contribution in [0.3, 0.4) is 0 Å². The highest BCUT2D eigenvalue weighted by Gasteiger charge is 2.31. The number of rotatable bonds is 6. The van der Waals surface area contributed by atoms with E-state index in [0.717, 1.165) is 27.2 Å². The van der Waals surface area contributed by atoms with Crippen molar-refractivity contribution in [1.82, 2.24) is 10.3 Å². The molecule has 0 spiro atoms. The van der Waals surface area contributed by atoms with E-state index in [4.69, 9.17) is 10.1 Å². The summed E-state index contributed by atoms with van der Waals surface area (Å²) in [5.41, 5.74) is 3.51. The summed E-state index contributed by atoms with van der Waals surface area (Å²) in [6, 6.07) is 22.3. The molecule has 0 unspecified atom stereocenters. The number of hydrogen-bond acceptors (Lipinski definition) is 6. The van der Waals surface area contributed by atoms with Gasteiger partial charge in [-0.1, -0.05) is 24.3 Å². The molecule has 5 rings (SSSR count). The minimum Gasteiger partial charge on any atom is -0.510 e. The average Bonchev–Trinajstić information content (AvgIpc) is 3.42. The Hall–Kier alpha value is -4.17. The number of benzene rings is 3. The Balaban J connectivity index is 1.27. The van der Waals surface area contributed by atoms with Crippen molar-refractivity contribution in [2.75, 3.05) is 18.6 Å². The number of fused-ring (bicyclic) bond motifs is 1. The molecule has 8 heteroatoms. The average molecular weight is 471 g/mol. The molecule has 1 aliphatic rings. The lowest BCUT2D eigenvalue weighted by Gasteiger charge is -2.19. The molecular formula is C26H22N4O3S. The lowest BCUT2D eigenvalue weighted by Crippen LogP contribution is -2.26. The highest BCUT2D eigenvalue weighted by atomic mass is 32.1. The van der Waals surface area contributed by atoms with Gasteiger partial charge in [-0.15, -0.1) is 11.3 Å². The molecule has 0 fully saturated rings. The quantitative estimate of drug-likeness (QED) is 0.368. The fourth-order valence-corrected chi connectivity index (χ4v) is 4.86. The lowest BCUT2D eigenvalue weighted by molar-refractivity contribution is 0.0951. The Morgan fingerprint density at radius 2 is 1.85 bits per heavy atom. The van der Waals surface area contributed by atoms with Crippen molar-refractivity contribution in [3.8, 4) is 5.75 Å². The molecule has 34 heavy (non-hydrogen) atoms. The molecule has 0 bridgehead atoms. The summed E-state index contributed by atoms with van der Waals surface area (Å²) >= 11 is 1.45. The fourth-order valence-electron chi connectivity index (χ4n) is 3.82. The van der Waals surface area contributed by atoms with E-state index in [1.807, 2.05) is 48.5 Å². The first-order valence-electron chi connectivity index (χ1n) is 10.7. The molecule has 170 valence electrons. The van der Waals surface area contributed by atoms with Crippen molar-refractivity contribution < 1.29 is 14.6 Å². The third-order valence-electron chi connectivity index (χ3n) is 5.66. The second kappa shape index (κ2) is 8.99. The van der Waals surface area contributed by atoms with E-state index < -0.39 is 0 Å². The predicted octanol–water partition coefficient (Wildman–Crippen LogP) is 5.00. The topological polar surface area (TPSA) is 98.5 Å². The van der Waals surface area contributed by atoms with Gasteiger partial charge < -0.3 is 20.1 Å². The minimum absolute atomic E-state index is 0.116. The highest BCUT2D eigenvalue weighted by molar-refractivity contribution is 7.19. The Kier molecular flexibility index (Phi) is 5.73. The summed E-state index contributed by atoms with van der Waals surface area (Å²) in [6.07, 6.45) is 0. The number of anilines is 1. The van der Waals surface area contributed by atoms with Crippen LogP contribution in [0.2, 0.25) is 0 Å².